The van der Waals surface area contributed by atoms with Crippen LogP contribution in [0.15, 0.2) is 23.1 Å². The largest absolute Gasteiger partial charge is 0.396 e. The molecule has 6 heteroatoms. The van der Waals surface area contributed by atoms with E-state index in [-0.39, 0.29) is 17.5 Å². The lowest BCUT2D eigenvalue weighted by molar-refractivity contribution is 0.279. The number of benzene rings is 1. The number of aliphatic hydroxyl groups is 1. The summed E-state index contributed by atoms with van der Waals surface area (Å²) in [7, 11) is -3.84. The van der Waals surface area contributed by atoms with E-state index in [4.69, 9.17) is 5.11 Å². The van der Waals surface area contributed by atoms with Crippen molar-refractivity contribution >= 4 is 10.0 Å². The monoisotopic (exact) mass is 275 g/mol. The van der Waals surface area contributed by atoms with Gasteiger partial charge in [0.2, 0.25) is 10.0 Å². The summed E-state index contributed by atoms with van der Waals surface area (Å²) in [6.45, 7) is 3.38. The molecular weight excluding hydrogens is 257 g/mol. The predicted molar refractivity (Wildman–Crippen MR) is 67.2 cm³/mol. The molecule has 1 unspecified atom stereocenters. The second-order valence-corrected chi connectivity index (χ2v) is 6.00. The lowest BCUT2D eigenvalue weighted by atomic mass is 10.2. The fourth-order valence-corrected chi connectivity index (χ4v) is 2.95. The van der Waals surface area contributed by atoms with Gasteiger partial charge >= 0.3 is 0 Å². The summed E-state index contributed by atoms with van der Waals surface area (Å²) in [5.41, 5.74) is 0.666. The Kier molecular flexibility index (Phi) is 5.25. The molecule has 0 fully saturated rings. The lowest BCUT2D eigenvalue weighted by Crippen LogP contribution is -2.33. The summed E-state index contributed by atoms with van der Waals surface area (Å²) in [6.07, 6.45) is 1.00. The molecule has 18 heavy (non-hydrogen) atoms. The van der Waals surface area contributed by atoms with Crippen LogP contribution in [0, 0.1) is 12.7 Å². The van der Waals surface area contributed by atoms with Crippen LogP contribution in [0.2, 0.25) is 0 Å². The van der Waals surface area contributed by atoms with E-state index in [0.717, 1.165) is 0 Å². The Hall–Kier alpha value is -0.980. The fourth-order valence-electron chi connectivity index (χ4n) is 1.61. The number of halogens is 1. The first-order valence-corrected chi connectivity index (χ1v) is 7.24. The highest BCUT2D eigenvalue weighted by molar-refractivity contribution is 7.89. The first-order chi connectivity index (χ1) is 8.36. The Balaban J connectivity index is 2.86. The number of hydrogen-bond acceptors (Lipinski definition) is 3. The zero-order valence-electron chi connectivity index (χ0n) is 10.5. The van der Waals surface area contributed by atoms with Crippen molar-refractivity contribution < 1.29 is 17.9 Å². The molecule has 1 aromatic rings. The van der Waals surface area contributed by atoms with Crippen LogP contribution in [0.4, 0.5) is 4.39 Å². The second-order valence-electron chi connectivity index (χ2n) is 4.32. The summed E-state index contributed by atoms with van der Waals surface area (Å²) in [4.78, 5) is -0.344. The summed E-state index contributed by atoms with van der Waals surface area (Å²) in [5, 5.41) is 8.67. The van der Waals surface area contributed by atoms with Gasteiger partial charge in [-0.3, -0.25) is 0 Å². The van der Waals surface area contributed by atoms with Crippen LogP contribution in [0.3, 0.4) is 0 Å². The quantitative estimate of drug-likeness (QED) is 0.828. The molecular formula is C12H18FNO3S. The van der Waals surface area contributed by atoms with E-state index in [1.807, 2.05) is 0 Å². The molecule has 0 spiro atoms. The zero-order valence-corrected chi connectivity index (χ0v) is 11.3. The van der Waals surface area contributed by atoms with Crippen molar-refractivity contribution in [2.45, 2.75) is 37.6 Å². The minimum Gasteiger partial charge on any atom is -0.396 e. The van der Waals surface area contributed by atoms with E-state index < -0.39 is 15.8 Å². The van der Waals surface area contributed by atoms with Crippen molar-refractivity contribution in [3.05, 3.63) is 29.6 Å². The molecule has 0 aromatic heterocycles. The maximum absolute atomic E-state index is 13.6. The second kappa shape index (κ2) is 6.26. The number of aliphatic hydroxyl groups excluding tert-OH is 1. The highest BCUT2D eigenvalue weighted by Gasteiger charge is 2.20. The molecule has 1 atom stereocenters. The maximum atomic E-state index is 13.6. The van der Waals surface area contributed by atoms with Crippen molar-refractivity contribution in [3.8, 4) is 0 Å². The number of aryl methyl sites for hydroxylation is 1. The van der Waals surface area contributed by atoms with Crippen molar-refractivity contribution in [2.75, 3.05) is 6.61 Å². The molecule has 0 saturated carbocycles. The normalized spacial score (nSPS) is 13.6. The minimum atomic E-state index is -3.84. The number of sulfonamides is 1. The third-order valence-corrected chi connectivity index (χ3v) is 4.15. The van der Waals surface area contributed by atoms with E-state index in [1.165, 1.54) is 12.1 Å². The van der Waals surface area contributed by atoms with Crippen LogP contribution in [-0.2, 0) is 10.0 Å². The molecule has 102 valence electrons. The molecule has 0 aliphatic heterocycles. The van der Waals surface area contributed by atoms with Gasteiger partial charge in [-0.25, -0.2) is 17.5 Å². The van der Waals surface area contributed by atoms with Gasteiger partial charge in [-0.1, -0.05) is 6.07 Å². The van der Waals surface area contributed by atoms with E-state index in [2.05, 4.69) is 4.72 Å². The number of nitrogens with one attached hydrogen (secondary N) is 1. The van der Waals surface area contributed by atoms with Gasteiger partial charge in [0.05, 0.1) is 0 Å². The minimum absolute atomic E-state index is 0.00492. The van der Waals surface area contributed by atoms with Crippen molar-refractivity contribution in [1.82, 2.24) is 4.72 Å². The van der Waals surface area contributed by atoms with E-state index in [9.17, 15) is 12.8 Å². The molecule has 1 aromatic carbocycles. The van der Waals surface area contributed by atoms with Gasteiger partial charge in [-0.15, -0.1) is 0 Å². The molecule has 0 bridgehead atoms. The smallest absolute Gasteiger partial charge is 0.243 e. The molecule has 0 aliphatic rings. The Bertz CT molecular complexity index is 502. The number of hydrogen-bond donors (Lipinski definition) is 2. The highest BCUT2D eigenvalue weighted by atomic mass is 32.2. The molecule has 0 amide bonds. The molecule has 1 rings (SSSR count). The third kappa shape index (κ3) is 4.04. The third-order valence-electron chi connectivity index (χ3n) is 2.53. The van der Waals surface area contributed by atoms with Crippen LogP contribution in [0.1, 0.15) is 25.3 Å². The zero-order chi connectivity index (χ0) is 13.8. The average Bonchev–Trinajstić information content (AvgIpc) is 2.25. The molecule has 4 nitrogen and oxygen atoms in total. The molecule has 0 radical (unpaired) electrons. The molecule has 0 heterocycles. The van der Waals surface area contributed by atoms with E-state index in [1.54, 1.807) is 19.9 Å². The average molecular weight is 275 g/mol. The van der Waals surface area contributed by atoms with Crippen LogP contribution >= 0.6 is 0 Å². The van der Waals surface area contributed by atoms with Crippen molar-refractivity contribution in [2.24, 2.45) is 0 Å². The Morgan fingerprint density at radius 3 is 2.67 bits per heavy atom. The SMILES string of the molecule is Cc1ccc(S(=O)(=O)NC(C)CCCO)c(F)c1. The summed E-state index contributed by atoms with van der Waals surface area (Å²) in [5.74, 6) is -0.753. The first-order valence-electron chi connectivity index (χ1n) is 5.76. The van der Waals surface area contributed by atoms with Gasteiger partial charge in [0, 0.05) is 12.6 Å². The van der Waals surface area contributed by atoms with Gasteiger partial charge in [-0.2, -0.15) is 0 Å². The Labute approximate surface area is 107 Å². The maximum Gasteiger partial charge on any atom is 0.243 e. The Morgan fingerprint density at radius 2 is 2.11 bits per heavy atom. The molecule has 0 aliphatic carbocycles. The summed E-state index contributed by atoms with van der Waals surface area (Å²) >= 11 is 0. The highest BCUT2D eigenvalue weighted by Crippen LogP contribution is 2.16. The lowest BCUT2D eigenvalue weighted by Gasteiger charge is -2.14. The molecule has 2 N–H and O–H groups in total. The van der Waals surface area contributed by atoms with Crippen molar-refractivity contribution in [3.63, 3.8) is 0 Å². The van der Waals surface area contributed by atoms with Gasteiger partial charge in [0.15, 0.2) is 0 Å². The van der Waals surface area contributed by atoms with Crippen LogP contribution < -0.4 is 4.72 Å². The van der Waals surface area contributed by atoms with Crippen LogP contribution in [0.25, 0.3) is 0 Å². The summed E-state index contributed by atoms with van der Waals surface area (Å²) < 4.78 is 39.8. The summed E-state index contributed by atoms with van der Waals surface area (Å²) in [6, 6.07) is 3.65. The van der Waals surface area contributed by atoms with Gasteiger partial charge < -0.3 is 5.11 Å². The van der Waals surface area contributed by atoms with Gasteiger partial charge in [0.1, 0.15) is 10.7 Å². The van der Waals surface area contributed by atoms with Crippen LogP contribution in [-0.4, -0.2) is 26.2 Å². The first kappa shape index (κ1) is 15.1. The van der Waals surface area contributed by atoms with Gasteiger partial charge in [-0.05, 0) is 44.4 Å². The topological polar surface area (TPSA) is 66.4 Å². The standard InChI is InChI=1S/C12H18FNO3S/c1-9-5-6-12(11(13)8-9)18(16,17)14-10(2)4-3-7-15/h5-6,8,10,14-15H,3-4,7H2,1-2H3. The van der Waals surface area contributed by atoms with Gasteiger partial charge in [0.25, 0.3) is 0 Å². The van der Waals surface area contributed by atoms with E-state index in [0.29, 0.717) is 18.4 Å². The number of rotatable bonds is 6. The van der Waals surface area contributed by atoms with Crippen LogP contribution in [0.5, 0.6) is 0 Å². The predicted octanol–water partition coefficient (Wildman–Crippen LogP) is 1.57. The van der Waals surface area contributed by atoms with E-state index >= 15 is 0 Å². The fraction of sp³-hybridized carbons (Fsp3) is 0.500. The Morgan fingerprint density at radius 1 is 1.44 bits per heavy atom. The molecule has 0 saturated heterocycles. The van der Waals surface area contributed by atoms with Crippen molar-refractivity contribution in [1.29, 1.82) is 0 Å².